The van der Waals surface area contributed by atoms with Gasteiger partial charge >= 0.3 is 0 Å². The van der Waals surface area contributed by atoms with Crippen molar-refractivity contribution in [3.8, 4) is 0 Å². The van der Waals surface area contributed by atoms with E-state index in [0.29, 0.717) is 5.41 Å². The molecule has 1 fully saturated rings. The number of aliphatic hydroxyl groups is 2. The second-order valence-corrected chi connectivity index (χ2v) is 3.35. The molecule has 0 aliphatic heterocycles. The van der Waals surface area contributed by atoms with Gasteiger partial charge in [0.15, 0.2) is 0 Å². The van der Waals surface area contributed by atoms with Crippen molar-refractivity contribution in [1.82, 2.24) is 0 Å². The predicted molar refractivity (Wildman–Crippen MR) is 35.1 cm³/mol. The number of hydrogen-bond acceptors (Lipinski definition) is 2. The quantitative estimate of drug-likeness (QED) is 0.585. The molecule has 0 amide bonds. The maximum atomic E-state index is 8.98. The Kier molecular flexibility index (Phi) is 1.78. The van der Waals surface area contributed by atoms with Gasteiger partial charge in [-0.2, -0.15) is 0 Å². The van der Waals surface area contributed by atoms with E-state index in [1.54, 1.807) is 0 Å². The van der Waals surface area contributed by atoms with Crippen molar-refractivity contribution >= 4 is 0 Å². The Morgan fingerprint density at radius 2 is 2.11 bits per heavy atom. The van der Waals surface area contributed by atoms with Gasteiger partial charge < -0.3 is 10.2 Å². The molecular weight excluding hydrogens is 116 g/mol. The smallest absolute Gasteiger partial charge is 0.0776 e. The first-order chi connectivity index (χ1) is 4.16. The van der Waals surface area contributed by atoms with E-state index < -0.39 is 6.10 Å². The minimum atomic E-state index is -0.488. The molecule has 0 aromatic carbocycles. The molecule has 2 nitrogen and oxygen atoms in total. The van der Waals surface area contributed by atoms with Crippen molar-refractivity contribution in [2.45, 2.75) is 32.3 Å². The molecule has 0 spiro atoms. The number of aliphatic hydroxyl groups excluding tert-OH is 2. The Morgan fingerprint density at radius 3 is 2.44 bits per heavy atom. The van der Waals surface area contributed by atoms with Crippen molar-refractivity contribution < 1.29 is 10.2 Å². The third kappa shape index (κ3) is 1.95. The van der Waals surface area contributed by atoms with Crippen LogP contribution in [0, 0.1) is 5.41 Å². The number of rotatable bonds is 3. The highest BCUT2D eigenvalue weighted by Crippen LogP contribution is 2.48. The monoisotopic (exact) mass is 130 g/mol. The third-order valence-electron chi connectivity index (χ3n) is 2.04. The maximum Gasteiger partial charge on any atom is 0.0776 e. The van der Waals surface area contributed by atoms with Crippen LogP contribution in [0.2, 0.25) is 0 Å². The molecule has 1 aliphatic carbocycles. The van der Waals surface area contributed by atoms with Crippen LogP contribution in [-0.2, 0) is 0 Å². The van der Waals surface area contributed by atoms with E-state index in [4.69, 9.17) is 10.2 Å². The molecule has 0 aromatic heterocycles. The van der Waals surface area contributed by atoms with E-state index in [1.807, 2.05) is 0 Å². The van der Waals surface area contributed by atoms with Gasteiger partial charge in [0, 0.05) is 0 Å². The minimum absolute atomic E-state index is 0.0877. The SMILES string of the molecule is CC1(C[C@H](O)CO)CC1. The highest BCUT2D eigenvalue weighted by molar-refractivity contribution is 4.89. The molecule has 0 heterocycles. The molecule has 2 N–H and O–H groups in total. The minimum Gasteiger partial charge on any atom is -0.394 e. The summed E-state index contributed by atoms with van der Waals surface area (Å²) >= 11 is 0. The molecule has 1 rings (SSSR count). The molecular formula is C7H14O2. The molecule has 2 heteroatoms. The number of hydrogen-bond donors (Lipinski definition) is 2. The van der Waals surface area contributed by atoms with Gasteiger partial charge in [-0.25, -0.2) is 0 Å². The molecule has 0 bridgehead atoms. The first kappa shape index (κ1) is 7.03. The van der Waals surface area contributed by atoms with Crippen molar-refractivity contribution in [1.29, 1.82) is 0 Å². The molecule has 1 atom stereocenters. The zero-order chi connectivity index (χ0) is 6.91. The largest absolute Gasteiger partial charge is 0.394 e. The lowest BCUT2D eigenvalue weighted by atomic mass is 10.0. The highest BCUT2D eigenvalue weighted by Gasteiger charge is 2.38. The van der Waals surface area contributed by atoms with Gasteiger partial charge in [-0.3, -0.25) is 0 Å². The van der Waals surface area contributed by atoms with Crippen LogP contribution in [-0.4, -0.2) is 22.9 Å². The summed E-state index contributed by atoms with van der Waals surface area (Å²) in [5.74, 6) is 0. The van der Waals surface area contributed by atoms with E-state index in [9.17, 15) is 0 Å². The van der Waals surface area contributed by atoms with E-state index in [-0.39, 0.29) is 6.61 Å². The van der Waals surface area contributed by atoms with Gasteiger partial charge in [-0.15, -0.1) is 0 Å². The zero-order valence-electron chi connectivity index (χ0n) is 5.80. The van der Waals surface area contributed by atoms with Crippen molar-refractivity contribution in [2.24, 2.45) is 5.41 Å². The molecule has 1 saturated carbocycles. The Morgan fingerprint density at radius 1 is 1.56 bits per heavy atom. The molecule has 0 saturated heterocycles. The molecule has 9 heavy (non-hydrogen) atoms. The van der Waals surface area contributed by atoms with Crippen LogP contribution in [0.1, 0.15) is 26.2 Å². The third-order valence-corrected chi connectivity index (χ3v) is 2.04. The fourth-order valence-corrected chi connectivity index (χ4v) is 1.05. The van der Waals surface area contributed by atoms with Crippen molar-refractivity contribution in [3.63, 3.8) is 0 Å². The average molecular weight is 130 g/mol. The predicted octanol–water partition coefficient (Wildman–Crippen LogP) is 0.530. The highest BCUT2D eigenvalue weighted by atomic mass is 16.3. The summed E-state index contributed by atoms with van der Waals surface area (Å²) in [5.41, 5.74) is 0.363. The lowest BCUT2D eigenvalue weighted by molar-refractivity contribution is 0.0727. The second kappa shape index (κ2) is 2.27. The van der Waals surface area contributed by atoms with Crippen molar-refractivity contribution in [3.05, 3.63) is 0 Å². The summed E-state index contributed by atoms with van der Waals surface area (Å²) in [7, 11) is 0. The summed E-state index contributed by atoms with van der Waals surface area (Å²) in [6.45, 7) is 2.06. The fourth-order valence-electron chi connectivity index (χ4n) is 1.05. The van der Waals surface area contributed by atoms with Crippen LogP contribution in [0.25, 0.3) is 0 Å². The lowest BCUT2D eigenvalue weighted by Crippen LogP contribution is -2.16. The lowest BCUT2D eigenvalue weighted by Gasteiger charge is -2.11. The Bertz CT molecular complexity index is 97.1. The molecule has 0 radical (unpaired) electrons. The van der Waals surface area contributed by atoms with E-state index in [2.05, 4.69) is 6.92 Å². The summed E-state index contributed by atoms with van der Waals surface area (Å²) in [6, 6.07) is 0. The molecule has 0 unspecified atom stereocenters. The Labute approximate surface area is 55.5 Å². The van der Waals surface area contributed by atoms with E-state index in [0.717, 1.165) is 6.42 Å². The Balaban J connectivity index is 2.17. The summed E-state index contributed by atoms with van der Waals surface area (Å²) in [4.78, 5) is 0. The van der Waals surface area contributed by atoms with Gasteiger partial charge in [0.1, 0.15) is 0 Å². The van der Waals surface area contributed by atoms with Crippen LogP contribution < -0.4 is 0 Å². The van der Waals surface area contributed by atoms with Gasteiger partial charge in [0.2, 0.25) is 0 Å². The maximum absolute atomic E-state index is 8.98. The van der Waals surface area contributed by atoms with Crippen molar-refractivity contribution in [2.75, 3.05) is 6.61 Å². The standard InChI is InChI=1S/C7H14O2/c1-7(2-3-7)4-6(9)5-8/h6,8-9H,2-5H2,1H3/t6-/m0/s1. The van der Waals surface area contributed by atoms with Crippen LogP contribution in [0.3, 0.4) is 0 Å². The average Bonchev–Trinajstić information content (AvgIpc) is 2.48. The van der Waals surface area contributed by atoms with E-state index >= 15 is 0 Å². The van der Waals surface area contributed by atoms with Crippen LogP contribution in [0.15, 0.2) is 0 Å². The summed E-state index contributed by atoms with van der Waals surface area (Å²) in [6.07, 6.45) is 2.70. The molecule has 1 aliphatic rings. The normalized spacial score (nSPS) is 25.7. The van der Waals surface area contributed by atoms with Crippen LogP contribution in [0.4, 0.5) is 0 Å². The first-order valence-corrected chi connectivity index (χ1v) is 3.45. The summed E-state index contributed by atoms with van der Waals surface area (Å²) in [5, 5.41) is 17.5. The van der Waals surface area contributed by atoms with E-state index in [1.165, 1.54) is 12.8 Å². The molecule has 0 aromatic rings. The summed E-state index contributed by atoms with van der Waals surface area (Å²) < 4.78 is 0. The van der Waals surface area contributed by atoms with Gasteiger partial charge in [0.05, 0.1) is 12.7 Å². The molecule has 54 valence electrons. The second-order valence-electron chi connectivity index (χ2n) is 3.35. The topological polar surface area (TPSA) is 40.5 Å². The first-order valence-electron chi connectivity index (χ1n) is 3.45. The van der Waals surface area contributed by atoms with Crippen LogP contribution >= 0.6 is 0 Å². The van der Waals surface area contributed by atoms with Gasteiger partial charge in [-0.1, -0.05) is 6.92 Å². The fraction of sp³-hybridized carbons (Fsp3) is 1.00. The van der Waals surface area contributed by atoms with Gasteiger partial charge in [0.25, 0.3) is 0 Å². The van der Waals surface area contributed by atoms with Crippen LogP contribution in [0.5, 0.6) is 0 Å². The van der Waals surface area contributed by atoms with Gasteiger partial charge in [-0.05, 0) is 24.7 Å². The zero-order valence-corrected chi connectivity index (χ0v) is 5.80. The Hall–Kier alpha value is -0.0800.